The first kappa shape index (κ1) is 12.4. The first-order chi connectivity index (χ1) is 6.82. The summed E-state index contributed by atoms with van der Waals surface area (Å²) in [5.74, 6) is -1.33. The zero-order chi connectivity index (χ0) is 11.6. The maximum Gasteiger partial charge on any atom is 0.410 e. The molecule has 15 heavy (non-hydrogen) atoms. The van der Waals surface area contributed by atoms with E-state index in [0.29, 0.717) is 13.1 Å². The molecule has 0 aromatic heterocycles. The molecule has 0 spiro atoms. The second-order valence-electron chi connectivity index (χ2n) is 3.73. The van der Waals surface area contributed by atoms with Crippen molar-refractivity contribution in [2.45, 2.75) is 12.2 Å². The van der Waals surface area contributed by atoms with Crippen molar-refractivity contribution in [1.29, 1.82) is 0 Å². The van der Waals surface area contributed by atoms with Gasteiger partial charge in [-0.05, 0) is 7.05 Å². The monoisotopic (exact) mass is 226 g/mol. The van der Waals surface area contributed by atoms with E-state index >= 15 is 0 Å². The van der Waals surface area contributed by atoms with Crippen LogP contribution in [0.3, 0.4) is 0 Å². The molecule has 0 bridgehead atoms. The number of halogens is 4. The van der Waals surface area contributed by atoms with Crippen molar-refractivity contribution in [3.05, 3.63) is 12.4 Å². The lowest BCUT2D eigenvalue weighted by molar-refractivity contribution is -0.180. The molecule has 0 aliphatic carbocycles. The molecule has 88 valence electrons. The van der Waals surface area contributed by atoms with Crippen LogP contribution in [0.1, 0.15) is 0 Å². The molecule has 1 saturated heterocycles. The predicted octanol–water partition coefficient (Wildman–Crippen LogP) is 1.65. The van der Waals surface area contributed by atoms with E-state index in [4.69, 9.17) is 0 Å². The average Bonchev–Trinajstić information content (AvgIpc) is 2.05. The minimum Gasteiger partial charge on any atom is -0.304 e. The third-order valence-electron chi connectivity index (χ3n) is 2.51. The van der Waals surface area contributed by atoms with Crippen molar-refractivity contribution >= 4 is 0 Å². The highest BCUT2D eigenvalue weighted by atomic mass is 19.4. The highest BCUT2D eigenvalue weighted by molar-refractivity contribution is 5.02. The SMILES string of the molecule is C=C(F)C(N1CCN(C)CC1)C(F)(F)F. The Morgan fingerprint density at radius 3 is 2.00 bits per heavy atom. The molecule has 0 aromatic rings. The molecule has 0 aromatic carbocycles. The van der Waals surface area contributed by atoms with E-state index in [-0.39, 0.29) is 13.1 Å². The molecule has 0 radical (unpaired) electrons. The summed E-state index contributed by atoms with van der Waals surface area (Å²) in [4.78, 5) is 2.99. The van der Waals surface area contributed by atoms with Crippen molar-refractivity contribution < 1.29 is 17.6 Å². The molecule has 1 fully saturated rings. The summed E-state index contributed by atoms with van der Waals surface area (Å²) in [5.41, 5.74) is 0. The van der Waals surface area contributed by atoms with Crippen LogP contribution in [0.5, 0.6) is 0 Å². The van der Waals surface area contributed by atoms with E-state index < -0.39 is 18.0 Å². The number of hydrogen-bond acceptors (Lipinski definition) is 2. The zero-order valence-electron chi connectivity index (χ0n) is 8.52. The molecule has 1 heterocycles. The fourth-order valence-electron chi connectivity index (χ4n) is 1.66. The van der Waals surface area contributed by atoms with Gasteiger partial charge in [-0.3, -0.25) is 4.90 Å². The number of hydrogen-bond donors (Lipinski definition) is 0. The number of alkyl halides is 3. The molecule has 1 atom stereocenters. The van der Waals surface area contributed by atoms with Crippen LogP contribution in [0.2, 0.25) is 0 Å². The molecular formula is C9H14F4N2. The van der Waals surface area contributed by atoms with E-state index in [0.717, 1.165) is 4.90 Å². The van der Waals surface area contributed by atoms with Crippen LogP contribution in [0.25, 0.3) is 0 Å². The number of likely N-dealkylation sites (N-methyl/N-ethyl adjacent to an activating group) is 1. The van der Waals surface area contributed by atoms with Crippen LogP contribution in [0.15, 0.2) is 12.4 Å². The van der Waals surface area contributed by atoms with Crippen molar-refractivity contribution in [2.75, 3.05) is 33.2 Å². The van der Waals surface area contributed by atoms with Crippen LogP contribution >= 0.6 is 0 Å². The molecule has 1 unspecified atom stereocenters. The van der Waals surface area contributed by atoms with Crippen molar-refractivity contribution in [2.24, 2.45) is 0 Å². The standard InChI is InChI=1S/C9H14F4N2/c1-7(10)8(9(11,12)13)15-5-3-14(2)4-6-15/h8H,1,3-6H2,2H3. The lowest BCUT2D eigenvalue weighted by Crippen LogP contribution is -2.54. The molecule has 0 N–H and O–H groups in total. The summed E-state index contributed by atoms with van der Waals surface area (Å²) in [7, 11) is 1.82. The average molecular weight is 226 g/mol. The topological polar surface area (TPSA) is 6.48 Å². The molecular weight excluding hydrogens is 212 g/mol. The second kappa shape index (κ2) is 4.49. The third-order valence-corrected chi connectivity index (χ3v) is 2.51. The van der Waals surface area contributed by atoms with Crippen LogP contribution in [0.4, 0.5) is 17.6 Å². The summed E-state index contributed by atoms with van der Waals surface area (Å²) in [6.45, 7) is 4.23. The van der Waals surface area contributed by atoms with Gasteiger partial charge in [-0.15, -0.1) is 0 Å². The Balaban J connectivity index is 2.69. The Morgan fingerprint density at radius 2 is 1.67 bits per heavy atom. The molecule has 1 aliphatic heterocycles. The van der Waals surface area contributed by atoms with Gasteiger partial charge in [-0.25, -0.2) is 4.39 Å². The largest absolute Gasteiger partial charge is 0.410 e. The molecule has 0 saturated carbocycles. The van der Waals surface area contributed by atoms with E-state index in [9.17, 15) is 17.6 Å². The highest BCUT2D eigenvalue weighted by Gasteiger charge is 2.46. The fourth-order valence-corrected chi connectivity index (χ4v) is 1.66. The summed E-state index contributed by atoms with van der Waals surface area (Å²) in [6.07, 6.45) is -4.58. The van der Waals surface area contributed by atoms with E-state index in [1.165, 1.54) is 0 Å². The van der Waals surface area contributed by atoms with Gasteiger partial charge in [0.25, 0.3) is 0 Å². The van der Waals surface area contributed by atoms with Gasteiger partial charge in [-0.1, -0.05) is 6.58 Å². The van der Waals surface area contributed by atoms with Gasteiger partial charge < -0.3 is 4.90 Å². The van der Waals surface area contributed by atoms with Crippen LogP contribution in [0, 0.1) is 0 Å². The van der Waals surface area contributed by atoms with Crippen LogP contribution in [-0.2, 0) is 0 Å². The quantitative estimate of drug-likeness (QED) is 0.660. The zero-order valence-corrected chi connectivity index (χ0v) is 8.52. The van der Waals surface area contributed by atoms with E-state index in [1.54, 1.807) is 0 Å². The number of piperazine rings is 1. The lowest BCUT2D eigenvalue weighted by atomic mass is 10.2. The first-order valence-electron chi connectivity index (χ1n) is 4.66. The van der Waals surface area contributed by atoms with Crippen LogP contribution in [-0.4, -0.2) is 55.2 Å². The Morgan fingerprint density at radius 1 is 1.20 bits per heavy atom. The van der Waals surface area contributed by atoms with Gasteiger partial charge >= 0.3 is 6.18 Å². The van der Waals surface area contributed by atoms with E-state index in [2.05, 4.69) is 6.58 Å². The molecule has 0 amide bonds. The van der Waals surface area contributed by atoms with Gasteiger partial charge in [-0.2, -0.15) is 13.2 Å². The highest BCUT2D eigenvalue weighted by Crippen LogP contribution is 2.30. The fraction of sp³-hybridized carbons (Fsp3) is 0.778. The Labute approximate surface area is 86.1 Å². The molecule has 6 heteroatoms. The van der Waals surface area contributed by atoms with Gasteiger partial charge in [0.1, 0.15) is 5.83 Å². The summed E-state index contributed by atoms with van der Waals surface area (Å²) >= 11 is 0. The predicted molar refractivity (Wildman–Crippen MR) is 49.2 cm³/mol. The van der Waals surface area contributed by atoms with Crippen molar-refractivity contribution in [3.63, 3.8) is 0 Å². The van der Waals surface area contributed by atoms with Gasteiger partial charge in [0, 0.05) is 26.2 Å². The van der Waals surface area contributed by atoms with Crippen LogP contribution < -0.4 is 0 Å². The van der Waals surface area contributed by atoms with E-state index in [1.807, 2.05) is 11.9 Å². The molecule has 2 nitrogen and oxygen atoms in total. The molecule has 1 aliphatic rings. The van der Waals surface area contributed by atoms with Gasteiger partial charge in [0.2, 0.25) is 0 Å². The Bertz CT molecular complexity index is 231. The van der Waals surface area contributed by atoms with Gasteiger partial charge in [0.15, 0.2) is 6.04 Å². The molecule has 1 rings (SSSR count). The Kier molecular flexibility index (Phi) is 3.72. The maximum atomic E-state index is 12.8. The van der Waals surface area contributed by atoms with Gasteiger partial charge in [0.05, 0.1) is 0 Å². The van der Waals surface area contributed by atoms with Crippen molar-refractivity contribution in [1.82, 2.24) is 9.80 Å². The second-order valence-corrected chi connectivity index (χ2v) is 3.73. The lowest BCUT2D eigenvalue weighted by Gasteiger charge is -2.37. The summed E-state index contributed by atoms with van der Waals surface area (Å²) in [6, 6.07) is -2.15. The third kappa shape index (κ3) is 3.17. The normalized spacial score (nSPS) is 22.7. The summed E-state index contributed by atoms with van der Waals surface area (Å²) < 4.78 is 50.3. The number of rotatable bonds is 2. The first-order valence-corrected chi connectivity index (χ1v) is 4.66. The Hall–Kier alpha value is -0.620. The maximum absolute atomic E-state index is 12.8. The van der Waals surface area contributed by atoms with Crippen molar-refractivity contribution in [3.8, 4) is 0 Å². The summed E-state index contributed by atoms with van der Waals surface area (Å²) in [5, 5.41) is 0. The number of nitrogens with zero attached hydrogens (tertiary/aromatic N) is 2. The minimum absolute atomic E-state index is 0.212. The smallest absolute Gasteiger partial charge is 0.304 e. The minimum atomic E-state index is -4.58.